The highest BCUT2D eigenvalue weighted by molar-refractivity contribution is 5.69. The van der Waals surface area contributed by atoms with E-state index in [0.717, 1.165) is 49.7 Å². The maximum absolute atomic E-state index is 11.9. The number of nitrogens with zero attached hydrogens (tertiary/aromatic N) is 1. The molecular weight excluding hydrogens is 522 g/mol. The molecule has 41 heavy (non-hydrogen) atoms. The molecule has 0 aliphatic carbocycles. The highest BCUT2D eigenvalue weighted by Crippen LogP contribution is 2.12. The first kappa shape index (κ1) is 34.4. The molecule has 0 heterocycles. The van der Waals surface area contributed by atoms with Crippen molar-refractivity contribution in [3.05, 3.63) is 71.8 Å². The molecule has 0 bridgehead atoms. The first-order valence-corrected chi connectivity index (χ1v) is 15.0. The van der Waals surface area contributed by atoms with Gasteiger partial charge in [-0.25, -0.2) is 0 Å². The molecule has 0 aliphatic rings. The van der Waals surface area contributed by atoms with Crippen LogP contribution in [0.4, 0.5) is 0 Å². The number of carbonyl (C=O) groups is 2. The van der Waals surface area contributed by atoms with Crippen molar-refractivity contribution in [3.63, 3.8) is 0 Å². The monoisotopic (exact) mass is 571 g/mol. The summed E-state index contributed by atoms with van der Waals surface area (Å²) in [5.41, 5.74) is 1.94. The zero-order chi connectivity index (χ0) is 29.5. The third-order valence-corrected chi connectivity index (χ3v) is 6.89. The molecule has 2 unspecified atom stereocenters. The molecule has 2 rings (SSSR count). The number of esters is 2. The van der Waals surface area contributed by atoms with Gasteiger partial charge in [-0.1, -0.05) is 86.3 Å². The molecular formula is C33H49NO7. The number of carbonyl (C=O) groups excluding carboxylic acids is 2. The van der Waals surface area contributed by atoms with Crippen molar-refractivity contribution in [2.45, 2.75) is 96.1 Å². The molecule has 0 saturated heterocycles. The third-order valence-electron chi connectivity index (χ3n) is 6.89. The minimum absolute atomic E-state index is 0.0590. The number of aliphatic hydroxyl groups excluding tert-OH is 3. The van der Waals surface area contributed by atoms with E-state index in [1.54, 1.807) is 0 Å². The average molecular weight is 572 g/mol. The lowest BCUT2D eigenvalue weighted by Gasteiger charge is -2.27. The number of rotatable bonds is 23. The van der Waals surface area contributed by atoms with E-state index in [9.17, 15) is 24.9 Å². The Kier molecular flexibility index (Phi) is 18.4. The Bertz CT molecular complexity index is 868. The number of ether oxygens (including phenoxy) is 2. The van der Waals surface area contributed by atoms with Crippen LogP contribution in [0.25, 0.3) is 0 Å². The Morgan fingerprint density at radius 1 is 0.634 bits per heavy atom. The molecule has 2 aromatic carbocycles. The van der Waals surface area contributed by atoms with Gasteiger partial charge in [0.1, 0.15) is 13.2 Å². The van der Waals surface area contributed by atoms with Gasteiger partial charge in [0.2, 0.25) is 0 Å². The molecule has 2 atom stereocenters. The Morgan fingerprint density at radius 2 is 1.07 bits per heavy atom. The summed E-state index contributed by atoms with van der Waals surface area (Å²) in [6, 6.07) is 19.2. The minimum atomic E-state index is -0.534. The van der Waals surface area contributed by atoms with E-state index in [2.05, 4.69) is 0 Å². The van der Waals surface area contributed by atoms with E-state index >= 15 is 0 Å². The van der Waals surface area contributed by atoms with Crippen molar-refractivity contribution >= 4 is 11.9 Å². The van der Waals surface area contributed by atoms with Gasteiger partial charge >= 0.3 is 11.9 Å². The molecule has 0 radical (unpaired) electrons. The van der Waals surface area contributed by atoms with Crippen LogP contribution < -0.4 is 0 Å². The smallest absolute Gasteiger partial charge is 0.306 e. The lowest BCUT2D eigenvalue weighted by molar-refractivity contribution is -0.146. The van der Waals surface area contributed by atoms with Crippen molar-refractivity contribution < 1.29 is 34.4 Å². The van der Waals surface area contributed by atoms with Crippen LogP contribution in [0.2, 0.25) is 0 Å². The van der Waals surface area contributed by atoms with Crippen LogP contribution in [0.3, 0.4) is 0 Å². The standard InChI is InChI=1S/C33H49NO7/c35-23-13-22-34(24-30(36)18-9-3-11-20-32(38)40-26-28-14-5-1-6-15-28)25-31(37)19-10-4-12-21-33(39)41-27-29-16-7-2-8-17-29/h1-2,5-8,14-17,30-31,35-37H,3-4,9-13,18-27H2. The summed E-state index contributed by atoms with van der Waals surface area (Å²) in [7, 11) is 0. The molecule has 228 valence electrons. The van der Waals surface area contributed by atoms with Gasteiger partial charge in [-0.2, -0.15) is 0 Å². The molecule has 0 aliphatic heterocycles. The van der Waals surface area contributed by atoms with Crippen molar-refractivity contribution in [1.82, 2.24) is 4.90 Å². The van der Waals surface area contributed by atoms with Crippen LogP contribution in [0.15, 0.2) is 60.7 Å². The van der Waals surface area contributed by atoms with Crippen molar-refractivity contribution in [3.8, 4) is 0 Å². The fraction of sp³-hybridized carbons (Fsp3) is 0.576. The van der Waals surface area contributed by atoms with E-state index in [-0.39, 0.29) is 31.8 Å². The van der Waals surface area contributed by atoms with E-state index in [4.69, 9.17) is 9.47 Å². The van der Waals surface area contributed by atoms with Crippen molar-refractivity contribution in [1.29, 1.82) is 0 Å². The van der Waals surface area contributed by atoms with Gasteiger partial charge < -0.3 is 24.8 Å². The summed E-state index contributed by atoms with van der Waals surface area (Å²) in [5, 5.41) is 30.3. The van der Waals surface area contributed by atoms with Gasteiger partial charge in [-0.15, -0.1) is 0 Å². The average Bonchev–Trinajstić information content (AvgIpc) is 2.98. The van der Waals surface area contributed by atoms with Gasteiger partial charge in [0.25, 0.3) is 0 Å². The van der Waals surface area contributed by atoms with Crippen LogP contribution in [0.1, 0.15) is 81.8 Å². The Morgan fingerprint density at radius 3 is 1.49 bits per heavy atom. The second-order valence-corrected chi connectivity index (χ2v) is 10.6. The van der Waals surface area contributed by atoms with Gasteiger partial charge in [0.05, 0.1) is 12.2 Å². The number of benzene rings is 2. The zero-order valence-electron chi connectivity index (χ0n) is 24.4. The van der Waals surface area contributed by atoms with Gasteiger partial charge in [-0.05, 0) is 43.2 Å². The maximum Gasteiger partial charge on any atom is 0.306 e. The largest absolute Gasteiger partial charge is 0.461 e. The highest BCUT2D eigenvalue weighted by atomic mass is 16.5. The predicted octanol–water partition coefficient (Wildman–Crippen LogP) is 4.78. The quantitative estimate of drug-likeness (QED) is 0.129. The van der Waals surface area contributed by atoms with Crippen LogP contribution in [-0.4, -0.2) is 70.6 Å². The van der Waals surface area contributed by atoms with E-state index < -0.39 is 12.2 Å². The SMILES string of the molecule is O=C(CCCCCC(O)CN(CCCO)CC(O)CCCCCC(=O)OCc1ccccc1)OCc1ccccc1. The molecule has 3 N–H and O–H groups in total. The van der Waals surface area contributed by atoms with Crippen LogP contribution in [0, 0.1) is 0 Å². The Balaban J connectivity index is 1.53. The number of unbranched alkanes of at least 4 members (excludes halogenated alkanes) is 4. The molecule has 0 fully saturated rings. The third kappa shape index (κ3) is 17.6. The van der Waals surface area contributed by atoms with Crippen molar-refractivity contribution in [2.75, 3.05) is 26.2 Å². The minimum Gasteiger partial charge on any atom is -0.461 e. The second-order valence-electron chi connectivity index (χ2n) is 10.6. The molecule has 8 nitrogen and oxygen atoms in total. The summed E-state index contributed by atoms with van der Waals surface area (Å²) in [5.74, 6) is -0.414. The maximum atomic E-state index is 11.9. The van der Waals surface area contributed by atoms with E-state index in [0.29, 0.717) is 51.7 Å². The molecule has 0 spiro atoms. The fourth-order valence-electron chi connectivity index (χ4n) is 4.60. The van der Waals surface area contributed by atoms with E-state index in [1.807, 2.05) is 65.6 Å². The molecule has 0 saturated carbocycles. The zero-order valence-corrected chi connectivity index (χ0v) is 24.4. The number of hydrogen-bond acceptors (Lipinski definition) is 8. The second kappa shape index (κ2) is 21.9. The van der Waals surface area contributed by atoms with Gasteiger partial charge in [-0.3, -0.25) is 14.5 Å². The summed E-state index contributed by atoms with van der Waals surface area (Å²) >= 11 is 0. The normalized spacial score (nSPS) is 12.7. The van der Waals surface area contributed by atoms with Crippen LogP contribution >= 0.6 is 0 Å². The fourth-order valence-corrected chi connectivity index (χ4v) is 4.60. The van der Waals surface area contributed by atoms with Crippen LogP contribution in [-0.2, 0) is 32.3 Å². The van der Waals surface area contributed by atoms with Gasteiger partial charge in [0.15, 0.2) is 0 Å². The molecule has 0 amide bonds. The lowest BCUT2D eigenvalue weighted by atomic mass is 10.1. The van der Waals surface area contributed by atoms with Crippen molar-refractivity contribution in [2.24, 2.45) is 0 Å². The van der Waals surface area contributed by atoms with Gasteiger partial charge in [0, 0.05) is 39.1 Å². The Hall–Kier alpha value is -2.78. The highest BCUT2D eigenvalue weighted by Gasteiger charge is 2.16. The number of hydrogen-bond donors (Lipinski definition) is 3. The summed E-state index contributed by atoms with van der Waals surface area (Å²) in [6.45, 7) is 2.11. The first-order chi connectivity index (χ1) is 20.0. The van der Waals surface area contributed by atoms with E-state index in [1.165, 1.54) is 0 Å². The Labute approximate surface area is 245 Å². The predicted molar refractivity (Wildman–Crippen MR) is 159 cm³/mol. The molecule has 0 aromatic heterocycles. The molecule has 8 heteroatoms. The summed E-state index contributed by atoms with van der Waals surface area (Å²) in [4.78, 5) is 25.9. The summed E-state index contributed by atoms with van der Waals surface area (Å²) < 4.78 is 10.6. The molecule has 2 aromatic rings. The topological polar surface area (TPSA) is 117 Å². The summed E-state index contributed by atoms with van der Waals surface area (Å²) in [6.07, 6.45) is 6.18. The number of aliphatic hydroxyl groups is 3. The lowest BCUT2D eigenvalue weighted by Crippen LogP contribution is -2.39. The first-order valence-electron chi connectivity index (χ1n) is 15.0. The van der Waals surface area contributed by atoms with Crippen LogP contribution in [0.5, 0.6) is 0 Å².